The van der Waals surface area contributed by atoms with Crippen LogP contribution in [0.3, 0.4) is 0 Å². The zero-order chi connectivity index (χ0) is 20.0. The van der Waals surface area contributed by atoms with Crippen LogP contribution in [0, 0.1) is 6.92 Å². The third kappa shape index (κ3) is 5.57. The first-order valence-electron chi connectivity index (χ1n) is 9.03. The lowest BCUT2D eigenvalue weighted by Gasteiger charge is -2.18. The third-order valence-corrected chi connectivity index (χ3v) is 4.08. The van der Waals surface area contributed by atoms with E-state index in [0.717, 1.165) is 17.5 Å². The van der Waals surface area contributed by atoms with Gasteiger partial charge in [-0.05, 0) is 56.4 Å². The standard InChI is InChI=1S/C20H25NO6/c1-4-6-14-11-18(24)27-16-10-12(2)9-15(19(14)16)26-13(3)20(25)21-8-5-7-17(22)23/h9-11,13H,4-8H2,1-3H3,(H,21,25)(H,22,23)/p-1/t13-/m0/s1. The summed E-state index contributed by atoms with van der Waals surface area (Å²) in [6.45, 7) is 5.70. The summed E-state index contributed by atoms with van der Waals surface area (Å²) in [5.41, 5.74) is 1.68. The van der Waals surface area contributed by atoms with Crippen LogP contribution in [0.1, 0.15) is 44.2 Å². The minimum Gasteiger partial charge on any atom is -0.550 e. The van der Waals surface area contributed by atoms with Gasteiger partial charge in [-0.1, -0.05) is 13.3 Å². The highest BCUT2D eigenvalue weighted by Crippen LogP contribution is 2.31. The zero-order valence-electron chi connectivity index (χ0n) is 15.8. The number of carbonyl (C=O) groups excluding carboxylic acids is 2. The lowest BCUT2D eigenvalue weighted by molar-refractivity contribution is -0.305. The Balaban J connectivity index is 2.23. The molecule has 1 atom stereocenters. The number of hydrogen-bond acceptors (Lipinski definition) is 6. The molecule has 0 aliphatic heterocycles. The maximum atomic E-state index is 12.2. The minimum absolute atomic E-state index is 0.114. The SMILES string of the molecule is CCCc1cc(=O)oc2cc(C)cc(O[C@@H](C)C(=O)NCCCC(=O)[O-])c12. The van der Waals surface area contributed by atoms with Crippen LogP contribution >= 0.6 is 0 Å². The molecule has 1 aromatic carbocycles. The van der Waals surface area contributed by atoms with Crippen molar-refractivity contribution in [2.45, 2.75) is 52.6 Å². The first-order chi connectivity index (χ1) is 12.8. The number of aryl methyl sites for hydroxylation is 2. The van der Waals surface area contributed by atoms with Gasteiger partial charge in [0.1, 0.15) is 11.3 Å². The molecule has 7 nitrogen and oxygen atoms in total. The Kier molecular flexibility index (Phi) is 6.98. The summed E-state index contributed by atoms with van der Waals surface area (Å²) in [4.78, 5) is 34.4. The van der Waals surface area contributed by atoms with Crippen LogP contribution in [0.25, 0.3) is 11.0 Å². The smallest absolute Gasteiger partial charge is 0.336 e. The molecular weight excluding hydrogens is 350 g/mol. The second-order valence-corrected chi connectivity index (χ2v) is 6.50. The minimum atomic E-state index is -1.15. The molecule has 27 heavy (non-hydrogen) atoms. The molecule has 1 aromatic heterocycles. The van der Waals surface area contributed by atoms with Crippen molar-refractivity contribution in [3.05, 3.63) is 39.7 Å². The van der Waals surface area contributed by atoms with E-state index in [0.29, 0.717) is 29.6 Å². The van der Waals surface area contributed by atoms with Crippen molar-refractivity contribution in [1.82, 2.24) is 5.32 Å². The van der Waals surface area contributed by atoms with Crippen molar-refractivity contribution in [2.75, 3.05) is 6.54 Å². The summed E-state index contributed by atoms with van der Waals surface area (Å²) in [7, 11) is 0. The van der Waals surface area contributed by atoms with Gasteiger partial charge in [-0.2, -0.15) is 0 Å². The fourth-order valence-corrected chi connectivity index (χ4v) is 2.86. The molecule has 0 aliphatic rings. The Morgan fingerprint density at radius 2 is 2.04 bits per heavy atom. The van der Waals surface area contributed by atoms with Gasteiger partial charge in [0.15, 0.2) is 6.10 Å². The summed E-state index contributed by atoms with van der Waals surface area (Å²) < 4.78 is 11.2. The second-order valence-electron chi connectivity index (χ2n) is 6.50. The van der Waals surface area contributed by atoms with Crippen LogP contribution in [0.2, 0.25) is 0 Å². The molecule has 0 radical (unpaired) electrons. The maximum Gasteiger partial charge on any atom is 0.336 e. The molecule has 0 bridgehead atoms. The Hall–Kier alpha value is -2.83. The topological polar surface area (TPSA) is 109 Å². The quantitative estimate of drug-likeness (QED) is 0.526. The van der Waals surface area contributed by atoms with Gasteiger partial charge in [0.2, 0.25) is 0 Å². The number of hydrogen-bond donors (Lipinski definition) is 1. The van der Waals surface area contributed by atoms with E-state index in [1.54, 1.807) is 19.1 Å². The molecule has 0 aliphatic carbocycles. The summed E-state index contributed by atoms with van der Waals surface area (Å²) in [5, 5.41) is 13.7. The van der Waals surface area contributed by atoms with Gasteiger partial charge in [0, 0.05) is 18.6 Å². The Morgan fingerprint density at radius 1 is 1.30 bits per heavy atom. The molecule has 7 heteroatoms. The number of carbonyl (C=O) groups is 2. The molecule has 146 valence electrons. The molecule has 1 amide bonds. The number of carboxylic acid groups (broad SMARTS) is 1. The predicted octanol–water partition coefficient (Wildman–Crippen LogP) is 1.47. The summed E-state index contributed by atoms with van der Waals surface area (Å²) >= 11 is 0. The Bertz CT molecular complexity index is 886. The number of aliphatic carboxylic acids is 1. The Morgan fingerprint density at radius 3 is 2.70 bits per heavy atom. The van der Waals surface area contributed by atoms with Gasteiger partial charge in [-0.25, -0.2) is 4.79 Å². The molecule has 0 fully saturated rings. The molecular formula is C20H24NO6-. The first kappa shape index (κ1) is 20.5. The third-order valence-electron chi connectivity index (χ3n) is 4.08. The van der Waals surface area contributed by atoms with Gasteiger partial charge in [-0.3, -0.25) is 4.79 Å². The molecule has 2 rings (SSSR count). The van der Waals surface area contributed by atoms with Crippen LogP contribution in [0.4, 0.5) is 0 Å². The maximum absolute atomic E-state index is 12.2. The molecule has 0 spiro atoms. The van der Waals surface area contributed by atoms with Crippen molar-refractivity contribution < 1.29 is 23.8 Å². The number of amides is 1. The van der Waals surface area contributed by atoms with E-state index in [1.165, 1.54) is 6.07 Å². The van der Waals surface area contributed by atoms with Crippen LogP contribution < -0.4 is 20.8 Å². The number of benzene rings is 1. The van der Waals surface area contributed by atoms with Gasteiger partial charge in [0.05, 0.1) is 5.39 Å². The zero-order valence-corrected chi connectivity index (χ0v) is 15.8. The molecule has 1 N–H and O–H groups in total. The molecule has 2 aromatic rings. The van der Waals surface area contributed by atoms with Crippen molar-refractivity contribution in [1.29, 1.82) is 0 Å². The van der Waals surface area contributed by atoms with Crippen molar-refractivity contribution in [2.24, 2.45) is 0 Å². The number of fused-ring (bicyclic) bond motifs is 1. The van der Waals surface area contributed by atoms with Crippen LogP contribution in [-0.2, 0) is 16.0 Å². The number of ether oxygens (including phenoxy) is 1. The van der Waals surface area contributed by atoms with E-state index in [4.69, 9.17) is 9.15 Å². The summed E-state index contributed by atoms with van der Waals surface area (Å²) in [6.07, 6.45) is 0.919. The van der Waals surface area contributed by atoms with Crippen LogP contribution in [0.15, 0.2) is 27.4 Å². The molecule has 0 saturated carbocycles. The average Bonchev–Trinajstić information content (AvgIpc) is 2.57. The molecule has 0 saturated heterocycles. The van der Waals surface area contributed by atoms with E-state index < -0.39 is 17.7 Å². The first-order valence-corrected chi connectivity index (χ1v) is 9.03. The normalized spacial score (nSPS) is 12.0. The van der Waals surface area contributed by atoms with Crippen molar-refractivity contribution in [3.8, 4) is 5.75 Å². The summed E-state index contributed by atoms with van der Waals surface area (Å²) in [5.74, 6) is -1.02. The number of rotatable bonds is 9. The number of nitrogens with one attached hydrogen (secondary N) is 1. The lowest BCUT2D eigenvalue weighted by Crippen LogP contribution is -2.37. The number of carboxylic acids is 1. The fraction of sp³-hybridized carbons (Fsp3) is 0.450. The van der Waals surface area contributed by atoms with E-state index in [2.05, 4.69) is 5.32 Å². The highest BCUT2D eigenvalue weighted by atomic mass is 16.5. The lowest BCUT2D eigenvalue weighted by atomic mass is 10.0. The highest BCUT2D eigenvalue weighted by Gasteiger charge is 2.18. The molecule has 0 unspecified atom stereocenters. The van der Waals surface area contributed by atoms with Crippen LogP contribution in [-0.4, -0.2) is 24.5 Å². The molecule has 1 heterocycles. The fourth-order valence-electron chi connectivity index (χ4n) is 2.86. The van der Waals surface area contributed by atoms with E-state index in [-0.39, 0.29) is 18.9 Å². The van der Waals surface area contributed by atoms with Gasteiger partial charge in [0.25, 0.3) is 5.91 Å². The second kappa shape index (κ2) is 9.21. The van der Waals surface area contributed by atoms with Crippen molar-refractivity contribution in [3.63, 3.8) is 0 Å². The summed E-state index contributed by atoms with van der Waals surface area (Å²) in [6, 6.07) is 5.04. The predicted molar refractivity (Wildman–Crippen MR) is 98.6 cm³/mol. The Labute approximate surface area is 157 Å². The highest BCUT2D eigenvalue weighted by molar-refractivity contribution is 5.88. The monoisotopic (exact) mass is 374 g/mol. The van der Waals surface area contributed by atoms with Gasteiger partial charge >= 0.3 is 5.63 Å². The van der Waals surface area contributed by atoms with E-state index in [9.17, 15) is 19.5 Å². The largest absolute Gasteiger partial charge is 0.550 e. The van der Waals surface area contributed by atoms with Gasteiger partial charge in [-0.15, -0.1) is 0 Å². The van der Waals surface area contributed by atoms with E-state index in [1.807, 2.05) is 13.8 Å². The van der Waals surface area contributed by atoms with Crippen molar-refractivity contribution >= 4 is 22.8 Å². The van der Waals surface area contributed by atoms with Gasteiger partial charge < -0.3 is 24.4 Å². The van der Waals surface area contributed by atoms with E-state index >= 15 is 0 Å². The average molecular weight is 374 g/mol. The van der Waals surface area contributed by atoms with Crippen LogP contribution in [0.5, 0.6) is 5.75 Å².